The van der Waals surface area contributed by atoms with E-state index in [1.165, 1.54) is 0 Å². The van der Waals surface area contributed by atoms with Gasteiger partial charge >= 0.3 is 6.18 Å². The van der Waals surface area contributed by atoms with Gasteiger partial charge in [0, 0.05) is 55.3 Å². The Kier molecular flexibility index (Phi) is 10.1. The quantitative estimate of drug-likeness (QED) is 0.109. The molecule has 2 heterocycles. The molecule has 1 aliphatic rings. The molecule has 3 N–H and O–H groups in total. The summed E-state index contributed by atoms with van der Waals surface area (Å²) < 4.78 is 64.5. The van der Waals surface area contributed by atoms with E-state index in [9.17, 15) is 17.6 Å². The molecule has 1 saturated heterocycles. The Morgan fingerprint density at radius 1 is 1.21 bits per heavy atom. The van der Waals surface area contributed by atoms with Gasteiger partial charge in [-0.25, -0.2) is 19.4 Å². The average molecular weight is 587 g/mol. The molecule has 0 saturated carbocycles. The van der Waals surface area contributed by atoms with Gasteiger partial charge in [0.15, 0.2) is 6.10 Å². The van der Waals surface area contributed by atoms with E-state index in [1.807, 2.05) is 38.1 Å². The second-order valence-corrected chi connectivity index (χ2v) is 9.84. The molecule has 1 fully saturated rings. The van der Waals surface area contributed by atoms with Crippen LogP contribution in [-0.4, -0.2) is 67.9 Å². The highest BCUT2D eigenvalue weighted by Crippen LogP contribution is 2.36. The highest BCUT2D eigenvalue weighted by atomic mass is 19.4. The van der Waals surface area contributed by atoms with E-state index >= 15 is 0 Å². The van der Waals surface area contributed by atoms with E-state index in [-0.39, 0.29) is 11.9 Å². The minimum absolute atomic E-state index is 0.164. The number of alkyl halides is 4. The van der Waals surface area contributed by atoms with Crippen molar-refractivity contribution < 1.29 is 27.0 Å². The molecule has 0 amide bonds. The molecule has 12 heteroatoms. The molecule has 0 radical (unpaired) electrons. The summed E-state index contributed by atoms with van der Waals surface area (Å²) >= 11 is 0. The Bertz CT molecular complexity index is 1460. The normalized spacial score (nSPS) is 18.9. The summed E-state index contributed by atoms with van der Waals surface area (Å²) in [6.07, 6.45) is -1.89. The number of fused-ring (bicyclic) bond motifs is 1. The highest BCUT2D eigenvalue weighted by molar-refractivity contribution is 5.98. The van der Waals surface area contributed by atoms with Gasteiger partial charge in [0.1, 0.15) is 11.9 Å². The van der Waals surface area contributed by atoms with Crippen LogP contribution in [0.4, 0.5) is 29.2 Å². The first-order valence-corrected chi connectivity index (χ1v) is 13.5. The first kappa shape index (κ1) is 30.9. The summed E-state index contributed by atoms with van der Waals surface area (Å²) in [6, 6.07) is 10.4. The van der Waals surface area contributed by atoms with Crippen LogP contribution in [-0.2, 0) is 4.74 Å². The Morgan fingerprint density at radius 3 is 2.71 bits per heavy atom. The SMILES string of the molecule is C=N/C(Oc1c(C)ccc2c(NC[C@H](OC)C(F)(F)F)cccc12)=C(\C=C/C)c1ccnc(N[C@@H]2CNC[C@@H](F)C2)n1. The van der Waals surface area contributed by atoms with E-state index in [1.54, 1.807) is 30.5 Å². The number of nitrogens with one attached hydrogen (secondary N) is 3. The van der Waals surface area contributed by atoms with E-state index in [0.29, 0.717) is 58.9 Å². The average Bonchev–Trinajstić information content (AvgIpc) is 2.95. The number of hydrogen-bond donors (Lipinski definition) is 3. The lowest BCUT2D eigenvalue weighted by atomic mass is 10.0. The van der Waals surface area contributed by atoms with Crippen LogP contribution in [0.15, 0.2) is 65.6 Å². The van der Waals surface area contributed by atoms with Gasteiger partial charge < -0.3 is 25.4 Å². The topological polar surface area (TPSA) is 92.7 Å². The van der Waals surface area contributed by atoms with Crippen LogP contribution in [0, 0.1) is 6.92 Å². The third-order valence-electron chi connectivity index (χ3n) is 6.80. The fourth-order valence-corrected chi connectivity index (χ4v) is 4.73. The zero-order valence-electron chi connectivity index (χ0n) is 23.6. The van der Waals surface area contributed by atoms with Crippen molar-refractivity contribution in [2.45, 2.75) is 44.8 Å². The predicted octanol–water partition coefficient (Wildman–Crippen LogP) is 6.06. The van der Waals surface area contributed by atoms with Gasteiger partial charge in [0.2, 0.25) is 11.8 Å². The smallest absolute Gasteiger partial charge is 0.416 e. The Morgan fingerprint density at radius 2 is 2.02 bits per heavy atom. The molecule has 0 bridgehead atoms. The molecule has 3 aromatic rings. The summed E-state index contributed by atoms with van der Waals surface area (Å²) in [5, 5.41) is 10.4. The second-order valence-electron chi connectivity index (χ2n) is 9.84. The maximum atomic E-state index is 13.9. The standard InChI is InChI=1S/C30H34F4N6O2/c1-5-7-23(25-12-13-37-29(40-25)39-20-14-19(31)15-36-16-20)28(35-3)42-27-18(2)10-11-21-22(27)8-6-9-24(21)38-17-26(41-4)30(32,33)34/h5-13,19-20,26,36,38H,3,14-17H2,1-2,4H3,(H,37,39,40)/b7-5-,28-23-/t19-,20-,26-/m0/s1. The molecule has 1 aromatic heterocycles. The number of methoxy groups -OCH3 is 1. The number of allylic oxidation sites excluding steroid dienone is 3. The van der Waals surface area contributed by atoms with Gasteiger partial charge in [0.05, 0.1) is 17.8 Å². The first-order chi connectivity index (χ1) is 20.1. The van der Waals surface area contributed by atoms with Crippen LogP contribution in [0.25, 0.3) is 16.3 Å². The Balaban J connectivity index is 1.68. The second kappa shape index (κ2) is 13.8. The van der Waals surface area contributed by atoms with Crippen molar-refractivity contribution >= 4 is 34.7 Å². The van der Waals surface area contributed by atoms with Crippen LogP contribution in [0.1, 0.15) is 24.6 Å². The summed E-state index contributed by atoms with van der Waals surface area (Å²) in [7, 11) is 1.03. The zero-order valence-corrected chi connectivity index (χ0v) is 23.6. The minimum atomic E-state index is -4.50. The van der Waals surface area contributed by atoms with Crippen molar-refractivity contribution in [3.8, 4) is 5.75 Å². The summed E-state index contributed by atoms with van der Waals surface area (Å²) in [5.74, 6) is 0.977. The number of aryl methyl sites for hydroxylation is 1. The molecule has 42 heavy (non-hydrogen) atoms. The summed E-state index contributed by atoms with van der Waals surface area (Å²) in [6.45, 7) is 7.87. The fourth-order valence-electron chi connectivity index (χ4n) is 4.73. The molecule has 0 spiro atoms. The lowest BCUT2D eigenvalue weighted by molar-refractivity contribution is -0.207. The van der Waals surface area contributed by atoms with Crippen molar-refractivity contribution in [3.63, 3.8) is 0 Å². The molecule has 3 atom stereocenters. The zero-order chi connectivity index (χ0) is 30.3. The van der Waals surface area contributed by atoms with Crippen LogP contribution < -0.4 is 20.7 Å². The number of aliphatic imine (C=N–C) groups is 1. The van der Waals surface area contributed by atoms with Gasteiger partial charge in [-0.2, -0.15) is 13.2 Å². The number of halogens is 4. The molecule has 0 aliphatic carbocycles. The number of ether oxygens (including phenoxy) is 2. The maximum Gasteiger partial charge on any atom is 0.416 e. The monoisotopic (exact) mass is 586 g/mol. The highest BCUT2D eigenvalue weighted by Gasteiger charge is 2.39. The molecule has 224 valence electrons. The van der Waals surface area contributed by atoms with Crippen LogP contribution >= 0.6 is 0 Å². The van der Waals surface area contributed by atoms with Gasteiger partial charge in [0.25, 0.3) is 0 Å². The van der Waals surface area contributed by atoms with Crippen LogP contribution in [0.5, 0.6) is 5.75 Å². The van der Waals surface area contributed by atoms with Gasteiger partial charge in [-0.15, -0.1) is 0 Å². The molecule has 8 nitrogen and oxygen atoms in total. The third-order valence-corrected chi connectivity index (χ3v) is 6.80. The molecule has 2 aromatic carbocycles. The van der Waals surface area contributed by atoms with Crippen molar-refractivity contribution in [3.05, 3.63) is 71.9 Å². The van der Waals surface area contributed by atoms with E-state index in [0.717, 1.165) is 12.7 Å². The van der Waals surface area contributed by atoms with Gasteiger partial charge in [-0.3, -0.25) is 0 Å². The number of anilines is 2. The number of hydrogen-bond acceptors (Lipinski definition) is 8. The summed E-state index contributed by atoms with van der Waals surface area (Å²) in [4.78, 5) is 13.1. The predicted molar refractivity (Wildman–Crippen MR) is 158 cm³/mol. The minimum Gasteiger partial charge on any atom is -0.437 e. The van der Waals surface area contributed by atoms with E-state index in [2.05, 4.69) is 42.4 Å². The van der Waals surface area contributed by atoms with Crippen LogP contribution in [0.2, 0.25) is 0 Å². The Hall–Kier alpha value is -4.03. The molecule has 1 aliphatic heterocycles. The number of piperidine rings is 1. The third kappa shape index (κ3) is 7.42. The van der Waals surface area contributed by atoms with Crippen molar-refractivity contribution in [2.75, 3.05) is 37.4 Å². The first-order valence-electron chi connectivity index (χ1n) is 13.5. The van der Waals surface area contributed by atoms with Crippen molar-refractivity contribution in [1.82, 2.24) is 15.3 Å². The van der Waals surface area contributed by atoms with E-state index < -0.39 is 25.0 Å². The van der Waals surface area contributed by atoms with E-state index in [4.69, 9.17) is 4.74 Å². The van der Waals surface area contributed by atoms with Crippen LogP contribution in [0.3, 0.4) is 0 Å². The number of aromatic nitrogens is 2. The van der Waals surface area contributed by atoms with Crippen molar-refractivity contribution in [1.29, 1.82) is 0 Å². The number of benzene rings is 2. The number of nitrogens with zero attached hydrogens (tertiary/aromatic N) is 3. The molecule has 0 unspecified atom stereocenters. The lowest BCUT2D eigenvalue weighted by Gasteiger charge is -2.26. The molecule has 4 rings (SSSR count). The number of rotatable bonds is 11. The maximum absolute atomic E-state index is 13.9. The largest absolute Gasteiger partial charge is 0.437 e. The summed E-state index contributed by atoms with van der Waals surface area (Å²) in [5.41, 5.74) is 2.31. The van der Waals surface area contributed by atoms with Crippen molar-refractivity contribution in [2.24, 2.45) is 4.99 Å². The fraction of sp³-hybridized carbons (Fsp3) is 0.367. The van der Waals surface area contributed by atoms with Gasteiger partial charge in [-0.1, -0.05) is 36.4 Å². The van der Waals surface area contributed by atoms with Gasteiger partial charge in [-0.05, 0) is 38.3 Å². The Labute approximate surface area is 241 Å². The molecular weight excluding hydrogens is 552 g/mol. The molecular formula is C30H34F4N6O2. The lowest BCUT2D eigenvalue weighted by Crippen LogP contribution is -2.44.